The van der Waals surface area contributed by atoms with Gasteiger partial charge in [-0.25, -0.2) is 4.79 Å². The van der Waals surface area contributed by atoms with Gasteiger partial charge in [-0.2, -0.15) is 0 Å². The maximum Gasteiger partial charge on any atom is 0.343 e. The molecule has 0 amide bonds. The van der Waals surface area contributed by atoms with Crippen LogP contribution in [0.2, 0.25) is 0 Å². The molecule has 6 nitrogen and oxygen atoms in total. The number of benzene rings is 2. The van der Waals surface area contributed by atoms with Gasteiger partial charge in [0.2, 0.25) is 5.78 Å². The van der Waals surface area contributed by atoms with Crippen LogP contribution in [-0.2, 0) is 9.53 Å². The monoisotopic (exact) mass is 378 g/mol. The van der Waals surface area contributed by atoms with Gasteiger partial charge in [0.1, 0.15) is 23.4 Å². The summed E-state index contributed by atoms with van der Waals surface area (Å²) < 4.78 is 21.5. The smallest absolute Gasteiger partial charge is 0.343 e. The minimum absolute atomic E-state index is 0.207. The van der Waals surface area contributed by atoms with Gasteiger partial charge in [0.15, 0.2) is 12.4 Å². The largest absolute Gasteiger partial charge is 0.485 e. The Balaban J connectivity index is 1.57. The molecule has 0 spiro atoms. The van der Waals surface area contributed by atoms with Crippen LogP contribution in [-0.4, -0.2) is 31.6 Å². The third-order valence-corrected chi connectivity index (χ3v) is 4.54. The van der Waals surface area contributed by atoms with Crippen LogP contribution in [0.25, 0.3) is 6.08 Å². The number of ketones is 1. The number of hydrogen-bond donors (Lipinski definition) is 0. The third kappa shape index (κ3) is 3.36. The van der Waals surface area contributed by atoms with E-state index in [0.717, 1.165) is 16.9 Å². The van der Waals surface area contributed by atoms with E-state index in [1.807, 2.05) is 37.3 Å². The van der Waals surface area contributed by atoms with Crippen LogP contribution in [0.1, 0.15) is 22.8 Å². The summed E-state index contributed by atoms with van der Waals surface area (Å²) in [7, 11) is 1.29. The summed E-state index contributed by atoms with van der Waals surface area (Å²) in [5.41, 5.74) is 2.24. The molecule has 0 unspecified atom stereocenters. The minimum Gasteiger partial charge on any atom is -0.485 e. The summed E-state index contributed by atoms with van der Waals surface area (Å²) in [6, 6.07) is 12.5. The standard InChI is InChI=1S/C22H18O6/c1-13-15(9-14-5-3-4-6-18(14)27-13)10-20-22(24)17-8-7-16(11-19(17)28-20)26-12-21(23)25-2/h3-11,13H,12H2,1-2H3/b20-10-/t13-/m1/s1. The van der Waals surface area contributed by atoms with Crippen LogP contribution in [0.5, 0.6) is 17.2 Å². The molecule has 0 fully saturated rings. The molecule has 0 saturated heterocycles. The van der Waals surface area contributed by atoms with E-state index in [1.54, 1.807) is 24.3 Å². The lowest BCUT2D eigenvalue weighted by Crippen LogP contribution is -2.18. The fourth-order valence-corrected chi connectivity index (χ4v) is 3.03. The van der Waals surface area contributed by atoms with Gasteiger partial charge < -0.3 is 18.9 Å². The van der Waals surface area contributed by atoms with Crippen LogP contribution in [0.3, 0.4) is 0 Å². The highest BCUT2D eigenvalue weighted by Crippen LogP contribution is 2.36. The zero-order valence-corrected chi connectivity index (χ0v) is 15.4. The number of allylic oxidation sites excluding steroid dienone is 1. The summed E-state index contributed by atoms with van der Waals surface area (Å²) in [5.74, 6) is 1.15. The molecule has 0 saturated carbocycles. The Hall–Kier alpha value is -3.54. The molecule has 2 aromatic carbocycles. The Morgan fingerprint density at radius 1 is 1.18 bits per heavy atom. The number of carbonyl (C=O) groups excluding carboxylic acids is 2. The molecule has 2 heterocycles. The predicted molar refractivity (Wildman–Crippen MR) is 102 cm³/mol. The quantitative estimate of drug-likeness (QED) is 0.598. The first-order valence-electron chi connectivity index (χ1n) is 8.80. The number of fused-ring (bicyclic) bond motifs is 2. The molecule has 2 aromatic rings. The van der Waals surface area contributed by atoms with E-state index in [4.69, 9.17) is 14.2 Å². The lowest BCUT2D eigenvalue weighted by atomic mass is 10.0. The van der Waals surface area contributed by atoms with Crippen molar-refractivity contribution in [2.24, 2.45) is 0 Å². The summed E-state index contributed by atoms with van der Waals surface area (Å²) in [5, 5.41) is 0. The molecule has 0 radical (unpaired) electrons. The minimum atomic E-state index is -0.489. The van der Waals surface area contributed by atoms with E-state index in [1.165, 1.54) is 7.11 Å². The van der Waals surface area contributed by atoms with Gasteiger partial charge >= 0.3 is 5.97 Å². The first-order chi connectivity index (χ1) is 13.5. The Bertz CT molecular complexity index is 1020. The van der Waals surface area contributed by atoms with Gasteiger partial charge in [0, 0.05) is 11.6 Å². The van der Waals surface area contributed by atoms with Crippen molar-refractivity contribution in [3.8, 4) is 17.2 Å². The van der Waals surface area contributed by atoms with Crippen molar-refractivity contribution >= 4 is 17.8 Å². The van der Waals surface area contributed by atoms with Gasteiger partial charge in [0.05, 0.1) is 12.7 Å². The van der Waals surface area contributed by atoms with Gasteiger partial charge in [-0.05, 0) is 42.8 Å². The van der Waals surface area contributed by atoms with Gasteiger partial charge in [-0.1, -0.05) is 18.2 Å². The average Bonchev–Trinajstić information content (AvgIpc) is 3.01. The molecule has 2 aliphatic heterocycles. The highest BCUT2D eigenvalue weighted by atomic mass is 16.6. The normalized spacial score (nSPS) is 18.5. The van der Waals surface area contributed by atoms with Crippen molar-refractivity contribution in [2.45, 2.75) is 13.0 Å². The van der Waals surface area contributed by atoms with Crippen molar-refractivity contribution in [2.75, 3.05) is 13.7 Å². The number of rotatable bonds is 4. The number of methoxy groups -OCH3 is 1. The maximum atomic E-state index is 12.7. The van der Waals surface area contributed by atoms with E-state index >= 15 is 0 Å². The number of carbonyl (C=O) groups is 2. The first-order valence-corrected chi connectivity index (χ1v) is 8.80. The summed E-state index contributed by atoms with van der Waals surface area (Å²) in [6.07, 6.45) is 3.49. The number of ether oxygens (including phenoxy) is 4. The summed E-state index contributed by atoms with van der Waals surface area (Å²) in [6.45, 7) is 1.71. The maximum absolute atomic E-state index is 12.7. The number of esters is 1. The molecular weight excluding hydrogens is 360 g/mol. The fourth-order valence-electron chi connectivity index (χ4n) is 3.03. The molecule has 0 aliphatic carbocycles. The summed E-state index contributed by atoms with van der Waals surface area (Å²) in [4.78, 5) is 23.9. The Labute approximate surface area is 162 Å². The van der Waals surface area contributed by atoms with E-state index < -0.39 is 5.97 Å². The molecule has 1 atom stereocenters. The van der Waals surface area contributed by atoms with Crippen LogP contribution in [0.4, 0.5) is 0 Å². The molecule has 6 heteroatoms. The lowest BCUT2D eigenvalue weighted by Gasteiger charge is -2.22. The summed E-state index contributed by atoms with van der Waals surface area (Å²) >= 11 is 0. The van der Waals surface area contributed by atoms with E-state index in [-0.39, 0.29) is 24.3 Å². The SMILES string of the molecule is COC(=O)COc1ccc2c(c1)O/C(=C\C1=Cc3ccccc3O[C@@H]1C)C2=O. The third-order valence-electron chi connectivity index (χ3n) is 4.54. The molecule has 142 valence electrons. The Morgan fingerprint density at radius 3 is 2.82 bits per heavy atom. The highest BCUT2D eigenvalue weighted by molar-refractivity contribution is 6.12. The van der Waals surface area contributed by atoms with Crippen molar-refractivity contribution in [3.05, 3.63) is 71.0 Å². The fraction of sp³-hybridized carbons (Fsp3) is 0.182. The Kier molecular flexibility index (Phi) is 4.61. The Morgan fingerprint density at radius 2 is 2.00 bits per heavy atom. The second-order valence-electron chi connectivity index (χ2n) is 6.40. The second-order valence-corrected chi connectivity index (χ2v) is 6.40. The van der Waals surface area contributed by atoms with Gasteiger partial charge in [-0.15, -0.1) is 0 Å². The second kappa shape index (κ2) is 7.23. The molecule has 0 N–H and O–H groups in total. The predicted octanol–water partition coefficient (Wildman–Crippen LogP) is 3.56. The van der Waals surface area contributed by atoms with Crippen molar-refractivity contribution in [3.63, 3.8) is 0 Å². The number of hydrogen-bond acceptors (Lipinski definition) is 6. The topological polar surface area (TPSA) is 71.1 Å². The molecular formula is C22H18O6. The van der Waals surface area contributed by atoms with Crippen LogP contribution < -0.4 is 14.2 Å². The van der Waals surface area contributed by atoms with E-state index in [0.29, 0.717) is 17.1 Å². The zero-order chi connectivity index (χ0) is 19.7. The first kappa shape index (κ1) is 17.9. The average molecular weight is 378 g/mol. The van der Waals surface area contributed by atoms with Crippen molar-refractivity contribution < 1.29 is 28.5 Å². The molecule has 4 rings (SSSR count). The molecule has 2 aliphatic rings. The molecule has 0 aromatic heterocycles. The van der Waals surface area contributed by atoms with E-state index in [9.17, 15) is 9.59 Å². The highest BCUT2D eigenvalue weighted by Gasteiger charge is 2.29. The number of Topliss-reactive ketones (excluding diaryl/α,β-unsaturated/α-hetero) is 1. The van der Waals surface area contributed by atoms with Gasteiger partial charge in [-0.3, -0.25) is 4.79 Å². The van der Waals surface area contributed by atoms with Crippen LogP contribution >= 0.6 is 0 Å². The molecule has 0 bridgehead atoms. The lowest BCUT2D eigenvalue weighted by molar-refractivity contribution is -0.142. The van der Waals surface area contributed by atoms with E-state index in [2.05, 4.69) is 4.74 Å². The zero-order valence-electron chi connectivity index (χ0n) is 15.4. The van der Waals surface area contributed by atoms with Gasteiger partial charge in [0.25, 0.3) is 0 Å². The van der Waals surface area contributed by atoms with Crippen LogP contribution in [0.15, 0.2) is 59.9 Å². The number of para-hydroxylation sites is 1. The van der Waals surface area contributed by atoms with Crippen molar-refractivity contribution in [1.29, 1.82) is 0 Å². The van der Waals surface area contributed by atoms with Crippen molar-refractivity contribution in [1.82, 2.24) is 0 Å². The molecule has 28 heavy (non-hydrogen) atoms. The van der Waals surface area contributed by atoms with Crippen LogP contribution in [0, 0.1) is 0 Å².